The molecule has 5 nitrogen and oxygen atoms in total. The zero-order chi connectivity index (χ0) is 11.7. The number of nitrogens with one attached hydrogen (secondary N) is 1. The van der Waals surface area contributed by atoms with Gasteiger partial charge in [0.05, 0.1) is 12.5 Å². The minimum atomic E-state index is -1.08. The molecule has 0 radical (unpaired) electrons. The Hall–Kier alpha value is -2.30. The Balaban J connectivity index is 2.92. The lowest BCUT2D eigenvalue weighted by atomic mass is 10.1. The van der Waals surface area contributed by atoms with Gasteiger partial charge in [-0.3, -0.25) is 4.79 Å². The van der Waals surface area contributed by atoms with E-state index in [-0.39, 0.29) is 16.9 Å². The van der Waals surface area contributed by atoms with Crippen molar-refractivity contribution in [3.63, 3.8) is 0 Å². The molecule has 2 N–H and O–H groups in total. The second-order valence-corrected chi connectivity index (χ2v) is 3.22. The number of hydrogen-bond acceptors (Lipinski definition) is 3. The van der Waals surface area contributed by atoms with E-state index in [1.54, 1.807) is 6.07 Å². The summed E-state index contributed by atoms with van der Waals surface area (Å²) < 4.78 is 5.04. The van der Waals surface area contributed by atoms with Crippen molar-refractivity contribution in [3.05, 3.63) is 40.3 Å². The number of aromatic nitrogens is 1. The molecule has 2 rings (SSSR count). The van der Waals surface area contributed by atoms with E-state index in [9.17, 15) is 9.59 Å². The second kappa shape index (κ2) is 3.69. The molecule has 16 heavy (non-hydrogen) atoms. The van der Waals surface area contributed by atoms with Crippen LogP contribution >= 0.6 is 0 Å². The Labute approximate surface area is 90.3 Å². The number of fused-ring (bicyclic) bond motifs is 1. The molecule has 0 unspecified atom stereocenters. The Bertz CT molecular complexity index is 615. The lowest BCUT2D eigenvalue weighted by Gasteiger charge is -2.07. The van der Waals surface area contributed by atoms with E-state index >= 15 is 0 Å². The van der Waals surface area contributed by atoms with E-state index in [0.717, 1.165) is 0 Å². The zero-order valence-corrected chi connectivity index (χ0v) is 8.48. The molecule has 0 amide bonds. The Morgan fingerprint density at radius 3 is 2.69 bits per heavy atom. The van der Waals surface area contributed by atoms with Crippen LogP contribution in [-0.4, -0.2) is 23.2 Å². The Morgan fingerprint density at radius 1 is 1.31 bits per heavy atom. The Kier molecular flexibility index (Phi) is 2.36. The predicted molar refractivity (Wildman–Crippen MR) is 58.1 cm³/mol. The summed E-state index contributed by atoms with van der Waals surface area (Å²) in [7, 11) is 1.38. The molecule has 0 fully saturated rings. The first-order valence-electron chi connectivity index (χ1n) is 4.57. The monoisotopic (exact) mass is 219 g/mol. The third kappa shape index (κ3) is 1.42. The van der Waals surface area contributed by atoms with Gasteiger partial charge in [0, 0.05) is 11.6 Å². The molecule has 0 atom stereocenters. The first-order valence-corrected chi connectivity index (χ1v) is 4.57. The van der Waals surface area contributed by atoms with E-state index < -0.39 is 5.97 Å². The number of carboxylic acids is 1. The molecule has 1 aromatic carbocycles. The maximum absolute atomic E-state index is 11.5. The van der Waals surface area contributed by atoms with Crippen molar-refractivity contribution in [1.29, 1.82) is 0 Å². The maximum atomic E-state index is 11.5. The zero-order valence-electron chi connectivity index (χ0n) is 8.48. The fraction of sp³-hybridized carbons (Fsp3) is 0.0909. The van der Waals surface area contributed by atoms with Gasteiger partial charge in [0.25, 0.3) is 5.56 Å². The van der Waals surface area contributed by atoms with Crippen LogP contribution in [-0.2, 0) is 0 Å². The van der Waals surface area contributed by atoms with Crippen LogP contribution in [0.4, 0.5) is 0 Å². The fourth-order valence-electron chi connectivity index (χ4n) is 1.63. The summed E-state index contributed by atoms with van der Waals surface area (Å²) in [5.74, 6) is -0.880. The van der Waals surface area contributed by atoms with Gasteiger partial charge in [-0.1, -0.05) is 0 Å². The molecule has 5 heteroatoms. The van der Waals surface area contributed by atoms with Crippen molar-refractivity contribution in [3.8, 4) is 5.75 Å². The third-order valence-corrected chi connectivity index (χ3v) is 2.34. The summed E-state index contributed by atoms with van der Waals surface area (Å²) in [6.45, 7) is 0. The highest BCUT2D eigenvalue weighted by molar-refractivity contribution is 6.00. The quantitative estimate of drug-likeness (QED) is 0.796. The van der Waals surface area contributed by atoms with Crippen LogP contribution in [0.2, 0.25) is 0 Å². The lowest BCUT2D eigenvalue weighted by molar-refractivity contribution is 0.0693. The average molecular weight is 219 g/mol. The van der Waals surface area contributed by atoms with Gasteiger partial charge in [0.15, 0.2) is 0 Å². The lowest BCUT2D eigenvalue weighted by Crippen LogP contribution is -2.07. The molecule has 0 bridgehead atoms. The van der Waals surface area contributed by atoms with E-state index in [2.05, 4.69) is 4.98 Å². The molecule has 0 aliphatic rings. The first-order chi connectivity index (χ1) is 7.65. The van der Waals surface area contributed by atoms with Gasteiger partial charge in [-0.2, -0.15) is 0 Å². The van der Waals surface area contributed by atoms with Crippen molar-refractivity contribution < 1.29 is 14.6 Å². The average Bonchev–Trinajstić information content (AvgIpc) is 2.27. The highest BCUT2D eigenvalue weighted by Gasteiger charge is 2.14. The number of carboxylic acid groups (broad SMARTS) is 1. The molecule has 0 aliphatic heterocycles. The van der Waals surface area contributed by atoms with Crippen molar-refractivity contribution >= 4 is 16.7 Å². The van der Waals surface area contributed by atoms with Crippen molar-refractivity contribution in [2.45, 2.75) is 0 Å². The third-order valence-electron chi connectivity index (χ3n) is 2.34. The highest BCUT2D eigenvalue weighted by Crippen LogP contribution is 2.27. The van der Waals surface area contributed by atoms with Gasteiger partial charge in [0.1, 0.15) is 11.3 Å². The van der Waals surface area contributed by atoms with Crippen molar-refractivity contribution in [1.82, 2.24) is 4.98 Å². The number of aromatic carboxylic acids is 1. The molecular formula is C11H9NO4. The number of aromatic amines is 1. The summed E-state index contributed by atoms with van der Waals surface area (Å²) >= 11 is 0. The van der Waals surface area contributed by atoms with E-state index in [1.165, 1.54) is 25.4 Å². The largest absolute Gasteiger partial charge is 0.495 e. The minimum Gasteiger partial charge on any atom is -0.495 e. The van der Waals surface area contributed by atoms with Crippen LogP contribution in [0.3, 0.4) is 0 Å². The van der Waals surface area contributed by atoms with Crippen LogP contribution in [0.15, 0.2) is 29.2 Å². The topological polar surface area (TPSA) is 79.4 Å². The van der Waals surface area contributed by atoms with Gasteiger partial charge in [-0.15, -0.1) is 0 Å². The number of carbonyl (C=O) groups is 1. The molecule has 1 aromatic heterocycles. The van der Waals surface area contributed by atoms with Gasteiger partial charge >= 0.3 is 5.97 Å². The SMILES string of the molecule is COc1c(C(=O)O)ccc2c(=O)[nH]ccc12. The summed E-state index contributed by atoms with van der Waals surface area (Å²) in [6.07, 6.45) is 1.46. The molecule has 0 spiro atoms. The highest BCUT2D eigenvalue weighted by atomic mass is 16.5. The first kappa shape index (κ1) is 10.2. The number of benzene rings is 1. The predicted octanol–water partition coefficient (Wildman–Crippen LogP) is 1.23. The smallest absolute Gasteiger partial charge is 0.339 e. The van der Waals surface area contributed by atoms with E-state index in [1.807, 2.05) is 0 Å². The number of hydrogen-bond donors (Lipinski definition) is 2. The normalized spacial score (nSPS) is 10.3. The Morgan fingerprint density at radius 2 is 2.06 bits per heavy atom. The van der Waals surface area contributed by atoms with Crippen molar-refractivity contribution in [2.24, 2.45) is 0 Å². The number of rotatable bonds is 2. The van der Waals surface area contributed by atoms with Gasteiger partial charge < -0.3 is 14.8 Å². The van der Waals surface area contributed by atoms with Gasteiger partial charge in [-0.25, -0.2) is 4.79 Å². The summed E-state index contributed by atoms with van der Waals surface area (Å²) in [5.41, 5.74) is -0.228. The number of ether oxygens (including phenoxy) is 1. The fourth-order valence-corrected chi connectivity index (χ4v) is 1.63. The number of methoxy groups -OCH3 is 1. The van der Waals surface area contributed by atoms with E-state index in [0.29, 0.717) is 10.8 Å². The minimum absolute atomic E-state index is 0.0422. The number of H-pyrrole nitrogens is 1. The van der Waals surface area contributed by atoms with Crippen LogP contribution in [0.25, 0.3) is 10.8 Å². The maximum Gasteiger partial charge on any atom is 0.339 e. The summed E-state index contributed by atoms with van der Waals surface area (Å²) in [5, 5.41) is 9.86. The van der Waals surface area contributed by atoms with Crippen LogP contribution < -0.4 is 10.3 Å². The molecule has 1 heterocycles. The number of pyridine rings is 1. The molecule has 0 saturated heterocycles. The molecule has 82 valence electrons. The van der Waals surface area contributed by atoms with Gasteiger partial charge in [0.2, 0.25) is 0 Å². The summed E-state index contributed by atoms with van der Waals surface area (Å²) in [4.78, 5) is 24.9. The molecule has 0 aliphatic carbocycles. The van der Waals surface area contributed by atoms with Gasteiger partial charge in [-0.05, 0) is 18.2 Å². The van der Waals surface area contributed by atoms with Crippen LogP contribution in [0, 0.1) is 0 Å². The van der Waals surface area contributed by atoms with Crippen LogP contribution in [0.1, 0.15) is 10.4 Å². The molecule has 0 saturated carbocycles. The molecule has 2 aromatic rings. The standard InChI is InChI=1S/C11H9NO4/c1-16-9-6-4-5-12-10(13)7(6)2-3-8(9)11(14)15/h2-5H,1H3,(H,12,13)(H,14,15). The van der Waals surface area contributed by atoms with Crippen molar-refractivity contribution in [2.75, 3.05) is 7.11 Å². The summed E-state index contributed by atoms with van der Waals surface area (Å²) in [6, 6.07) is 4.45. The molecular weight excluding hydrogens is 210 g/mol. The second-order valence-electron chi connectivity index (χ2n) is 3.22. The van der Waals surface area contributed by atoms with Crippen LogP contribution in [0.5, 0.6) is 5.75 Å². The van der Waals surface area contributed by atoms with E-state index in [4.69, 9.17) is 9.84 Å².